The zero-order chi connectivity index (χ0) is 12.1. The molecule has 0 aliphatic heterocycles. The third kappa shape index (κ3) is 3.61. The molecule has 5 nitrogen and oxygen atoms in total. The maximum Gasteiger partial charge on any atom is 0.323 e. The van der Waals surface area contributed by atoms with Crippen LogP contribution in [0.5, 0.6) is 0 Å². The van der Waals surface area contributed by atoms with Crippen LogP contribution in [0.1, 0.15) is 5.56 Å². The lowest BCUT2D eigenvalue weighted by Gasteiger charge is -2.21. The van der Waals surface area contributed by atoms with Crippen molar-refractivity contribution in [3.8, 4) is 0 Å². The molecule has 3 N–H and O–H groups in total. The fourth-order valence-corrected chi connectivity index (χ4v) is 1.35. The Morgan fingerprint density at radius 2 is 1.81 bits per heavy atom. The topological polar surface area (TPSA) is 83.6 Å². The van der Waals surface area contributed by atoms with Crippen molar-refractivity contribution in [2.75, 3.05) is 18.0 Å². The van der Waals surface area contributed by atoms with Crippen LogP contribution in [0.4, 0.5) is 5.69 Å². The highest BCUT2D eigenvalue weighted by atomic mass is 16.4. The van der Waals surface area contributed by atoms with E-state index in [2.05, 4.69) is 0 Å². The number of aliphatic carboxylic acids is 1. The number of amides is 1. The minimum absolute atomic E-state index is 0.102. The largest absolute Gasteiger partial charge is 0.480 e. The molecule has 1 rings (SSSR count). The van der Waals surface area contributed by atoms with Crippen molar-refractivity contribution in [3.05, 3.63) is 29.8 Å². The molecule has 0 bridgehead atoms. The first-order valence-corrected chi connectivity index (χ1v) is 4.81. The van der Waals surface area contributed by atoms with Gasteiger partial charge in [-0.15, -0.1) is 0 Å². The normalized spacial score (nSPS) is 9.81. The number of carbonyl (C=O) groups excluding carboxylic acids is 1. The Morgan fingerprint density at radius 1 is 1.25 bits per heavy atom. The molecule has 0 saturated carbocycles. The lowest BCUT2D eigenvalue weighted by molar-refractivity contribution is -0.135. The fourth-order valence-electron chi connectivity index (χ4n) is 1.35. The van der Waals surface area contributed by atoms with Crippen LogP contribution in [0.25, 0.3) is 0 Å². The monoisotopic (exact) mass is 222 g/mol. The minimum Gasteiger partial charge on any atom is -0.480 e. The maximum absolute atomic E-state index is 10.8. The van der Waals surface area contributed by atoms with Crippen molar-refractivity contribution in [2.24, 2.45) is 5.73 Å². The summed E-state index contributed by atoms with van der Waals surface area (Å²) < 4.78 is 0. The summed E-state index contributed by atoms with van der Waals surface area (Å²) in [7, 11) is 0. The van der Waals surface area contributed by atoms with Crippen molar-refractivity contribution < 1.29 is 14.7 Å². The van der Waals surface area contributed by atoms with E-state index in [4.69, 9.17) is 10.8 Å². The predicted octanol–water partition coefficient (Wildman–Crippen LogP) is 0.371. The SMILES string of the molecule is Cc1ccc(N(CC(N)=O)CC(=O)O)cc1. The molecule has 86 valence electrons. The molecule has 0 unspecified atom stereocenters. The van der Waals surface area contributed by atoms with E-state index in [1.807, 2.05) is 19.1 Å². The van der Waals surface area contributed by atoms with E-state index in [0.717, 1.165) is 5.56 Å². The summed E-state index contributed by atoms with van der Waals surface area (Å²) in [6.07, 6.45) is 0. The van der Waals surface area contributed by atoms with Crippen molar-refractivity contribution in [2.45, 2.75) is 6.92 Å². The first-order chi connectivity index (χ1) is 7.49. The molecule has 0 radical (unpaired) electrons. The van der Waals surface area contributed by atoms with Crippen LogP contribution < -0.4 is 10.6 Å². The molecule has 1 aromatic rings. The van der Waals surface area contributed by atoms with Gasteiger partial charge in [0.15, 0.2) is 0 Å². The number of carboxylic acids is 1. The maximum atomic E-state index is 10.8. The van der Waals surface area contributed by atoms with E-state index in [0.29, 0.717) is 5.69 Å². The van der Waals surface area contributed by atoms with Gasteiger partial charge in [0, 0.05) is 5.69 Å². The van der Waals surface area contributed by atoms with E-state index in [1.165, 1.54) is 4.90 Å². The fraction of sp³-hybridized carbons (Fsp3) is 0.273. The van der Waals surface area contributed by atoms with Crippen molar-refractivity contribution in [1.82, 2.24) is 0 Å². The van der Waals surface area contributed by atoms with Gasteiger partial charge < -0.3 is 15.7 Å². The van der Waals surface area contributed by atoms with Crippen molar-refractivity contribution >= 4 is 17.6 Å². The summed E-state index contributed by atoms with van der Waals surface area (Å²) in [5, 5.41) is 8.72. The molecule has 1 amide bonds. The number of hydrogen-bond donors (Lipinski definition) is 2. The Bertz CT molecular complexity index is 371. The van der Waals surface area contributed by atoms with Crippen molar-refractivity contribution in [1.29, 1.82) is 0 Å². The smallest absolute Gasteiger partial charge is 0.323 e. The zero-order valence-electron chi connectivity index (χ0n) is 9.01. The Labute approximate surface area is 93.5 Å². The minimum atomic E-state index is -0.998. The van der Waals surface area contributed by atoms with Crippen LogP contribution in [0.2, 0.25) is 0 Å². The van der Waals surface area contributed by atoms with Gasteiger partial charge in [0.2, 0.25) is 5.91 Å². The Kier molecular flexibility index (Phi) is 3.88. The number of nitrogens with zero attached hydrogens (tertiary/aromatic N) is 1. The Morgan fingerprint density at radius 3 is 2.25 bits per heavy atom. The molecule has 0 spiro atoms. The van der Waals surface area contributed by atoms with E-state index in [9.17, 15) is 9.59 Å². The molecule has 0 heterocycles. The van der Waals surface area contributed by atoms with Crippen LogP contribution in [0.3, 0.4) is 0 Å². The van der Waals surface area contributed by atoms with E-state index in [-0.39, 0.29) is 13.1 Å². The summed E-state index contributed by atoms with van der Waals surface area (Å²) in [6, 6.07) is 7.23. The lowest BCUT2D eigenvalue weighted by atomic mass is 10.2. The summed E-state index contributed by atoms with van der Waals surface area (Å²) >= 11 is 0. The first-order valence-electron chi connectivity index (χ1n) is 4.81. The molecule has 1 aromatic carbocycles. The van der Waals surface area contributed by atoms with Gasteiger partial charge in [0.1, 0.15) is 6.54 Å². The molecule has 0 aromatic heterocycles. The summed E-state index contributed by atoms with van der Waals surface area (Å²) in [5.41, 5.74) is 6.80. The third-order valence-corrected chi connectivity index (χ3v) is 2.07. The highest BCUT2D eigenvalue weighted by Crippen LogP contribution is 2.14. The standard InChI is InChI=1S/C11H14N2O3/c1-8-2-4-9(5-3-8)13(6-10(12)14)7-11(15)16/h2-5H,6-7H2,1H3,(H2,12,14)(H,15,16). The molecule has 0 fully saturated rings. The summed E-state index contributed by atoms with van der Waals surface area (Å²) in [4.78, 5) is 22.9. The average Bonchev–Trinajstić information content (AvgIpc) is 2.16. The summed E-state index contributed by atoms with van der Waals surface area (Å²) in [6.45, 7) is 1.58. The highest BCUT2D eigenvalue weighted by Gasteiger charge is 2.12. The Hall–Kier alpha value is -2.04. The van der Waals surface area contributed by atoms with Crippen LogP contribution in [0.15, 0.2) is 24.3 Å². The van der Waals surface area contributed by atoms with Crippen molar-refractivity contribution in [3.63, 3.8) is 0 Å². The van der Waals surface area contributed by atoms with Gasteiger partial charge in [-0.05, 0) is 19.1 Å². The van der Waals surface area contributed by atoms with Gasteiger partial charge in [0.05, 0.1) is 6.54 Å². The van der Waals surface area contributed by atoms with E-state index < -0.39 is 11.9 Å². The predicted molar refractivity (Wildman–Crippen MR) is 60.2 cm³/mol. The number of aryl methyl sites for hydroxylation is 1. The number of carbonyl (C=O) groups is 2. The van der Waals surface area contributed by atoms with Gasteiger partial charge >= 0.3 is 5.97 Å². The number of hydrogen-bond acceptors (Lipinski definition) is 3. The highest BCUT2D eigenvalue weighted by molar-refractivity contribution is 5.82. The number of primary amides is 1. The third-order valence-electron chi connectivity index (χ3n) is 2.07. The first kappa shape index (κ1) is 12.0. The van der Waals surface area contributed by atoms with Crippen LogP contribution in [0, 0.1) is 6.92 Å². The van der Waals surface area contributed by atoms with Gasteiger partial charge in [-0.3, -0.25) is 9.59 Å². The summed E-state index contributed by atoms with van der Waals surface area (Å²) in [5.74, 6) is -1.55. The quantitative estimate of drug-likeness (QED) is 0.754. The average molecular weight is 222 g/mol. The van der Waals surface area contributed by atoms with E-state index in [1.54, 1.807) is 12.1 Å². The molecule has 0 aliphatic rings. The van der Waals surface area contributed by atoms with Crippen LogP contribution in [-0.2, 0) is 9.59 Å². The zero-order valence-corrected chi connectivity index (χ0v) is 9.01. The van der Waals surface area contributed by atoms with Gasteiger partial charge in [-0.25, -0.2) is 0 Å². The van der Waals surface area contributed by atoms with Crippen LogP contribution >= 0.6 is 0 Å². The van der Waals surface area contributed by atoms with E-state index >= 15 is 0 Å². The molecule has 5 heteroatoms. The number of benzene rings is 1. The molecular weight excluding hydrogens is 208 g/mol. The van der Waals surface area contributed by atoms with Crippen LogP contribution in [-0.4, -0.2) is 30.1 Å². The second kappa shape index (κ2) is 5.16. The second-order valence-electron chi connectivity index (χ2n) is 3.55. The molecular formula is C11H14N2O3. The molecule has 0 aliphatic carbocycles. The number of anilines is 1. The molecule has 0 atom stereocenters. The van der Waals surface area contributed by atoms with Gasteiger partial charge in [-0.2, -0.15) is 0 Å². The molecule has 0 saturated heterocycles. The Balaban J connectivity index is 2.86. The number of carboxylic acid groups (broad SMARTS) is 1. The second-order valence-corrected chi connectivity index (χ2v) is 3.55. The lowest BCUT2D eigenvalue weighted by Crippen LogP contribution is -2.37. The van der Waals surface area contributed by atoms with Gasteiger partial charge in [-0.1, -0.05) is 17.7 Å². The number of rotatable bonds is 5. The number of nitrogens with two attached hydrogens (primary N) is 1. The molecule has 16 heavy (non-hydrogen) atoms. The van der Waals surface area contributed by atoms with Gasteiger partial charge in [0.25, 0.3) is 0 Å².